The molecule has 122 heavy (non-hydrogen) atoms. The van der Waals surface area contributed by atoms with Gasteiger partial charge in [-0.05, 0) is 215 Å². The second-order valence-corrected chi connectivity index (χ2v) is 34.3. The Kier molecular flexibility index (Phi) is 25.8. The molecule has 35 nitrogen and oxygen atoms in total. The number of nitrogens with one attached hydrogen (secondary N) is 9. The first-order valence-electron chi connectivity index (χ1n) is 40.8. The first-order valence-corrected chi connectivity index (χ1v) is 41.1. The van der Waals surface area contributed by atoms with Crippen molar-refractivity contribution in [2.75, 3.05) is 26.8 Å². The molecule has 1 saturated heterocycles. The van der Waals surface area contributed by atoms with Crippen LogP contribution in [0.5, 0.6) is 51.7 Å². The van der Waals surface area contributed by atoms with Crippen LogP contribution in [-0.4, -0.2) is 205 Å². The van der Waals surface area contributed by atoms with Gasteiger partial charge in [0.2, 0.25) is 41.2 Å². The van der Waals surface area contributed by atoms with Gasteiger partial charge in [0.15, 0.2) is 23.8 Å². The maximum absolute atomic E-state index is 16.7. The van der Waals surface area contributed by atoms with Crippen molar-refractivity contribution in [3.05, 3.63) is 147 Å². The molecule has 15 bridgehead atoms. The van der Waals surface area contributed by atoms with E-state index in [9.17, 15) is 55.5 Å². The fourth-order valence-corrected chi connectivity index (χ4v) is 18.7. The van der Waals surface area contributed by atoms with E-state index >= 15 is 33.6 Å². The molecule has 1 unspecified atom stereocenters. The van der Waals surface area contributed by atoms with Gasteiger partial charge in [0.25, 0.3) is 17.7 Å². The summed E-state index contributed by atoms with van der Waals surface area (Å²) in [7, 11) is 1.48. The largest absolute Gasteiger partial charge is 0.508 e. The summed E-state index contributed by atoms with van der Waals surface area (Å²) in [5.74, 6) is -15.7. The second-order valence-electron chi connectivity index (χ2n) is 33.9. The van der Waals surface area contributed by atoms with Gasteiger partial charge in [-0.1, -0.05) is 43.6 Å². The molecule has 6 fully saturated rings. The van der Waals surface area contributed by atoms with Crippen molar-refractivity contribution < 1.29 is 118 Å². The fraction of sp³-hybridized carbons (Fsp3) is 0.477. The van der Waals surface area contributed by atoms with Gasteiger partial charge >= 0.3 is 0 Å². The normalized spacial score (nSPS) is 30.8. The molecule has 6 aromatic rings. The highest BCUT2D eigenvalue weighted by Gasteiger charge is 2.53. The van der Waals surface area contributed by atoms with E-state index in [2.05, 4.69) is 47.9 Å². The summed E-state index contributed by atoms with van der Waals surface area (Å²) in [4.78, 5) is 140. The van der Waals surface area contributed by atoms with Crippen LogP contribution in [0.3, 0.4) is 0 Å². The highest BCUT2D eigenvalue weighted by molar-refractivity contribution is 6.32. The van der Waals surface area contributed by atoms with E-state index in [1.54, 1.807) is 6.92 Å². The van der Waals surface area contributed by atoms with Crippen LogP contribution in [0.2, 0.25) is 5.02 Å². The number of fused-ring (bicyclic) bond motifs is 15. The van der Waals surface area contributed by atoms with Gasteiger partial charge in [0.1, 0.15) is 102 Å². The van der Waals surface area contributed by atoms with Gasteiger partial charge in [0.05, 0.1) is 29.4 Å². The van der Waals surface area contributed by atoms with Crippen molar-refractivity contribution >= 4 is 64.8 Å². The van der Waals surface area contributed by atoms with Crippen molar-refractivity contribution in [2.24, 2.45) is 47.0 Å². The van der Waals surface area contributed by atoms with Crippen molar-refractivity contribution in [3.8, 4) is 62.9 Å². The number of amides is 9. The number of benzene rings is 6. The third-order valence-electron chi connectivity index (χ3n) is 24.6. The quantitative estimate of drug-likeness (QED) is 0.0461. The lowest BCUT2D eigenvalue weighted by atomic mass is 9.54. The molecule has 0 radical (unpaired) electrons. The molecule has 11 aliphatic rings. The molecular formula is C86H102ClN11O24. The van der Waals surface area contributed by atoms with Gasteiger partial charge in [0, 0.05) is 59.8 Å². The topological polar surface area (TPSA) is 551 Å². The Hall–Kier alpha value is -10.8. The number of carbonyl (C=O) groups excluding carboxylic acids is 9. The fourth-order valence-electron chi connectivity index (χ4n) is 18.5. The maximum atomic E-state index is 16.7. The van der Waals surface area contributed by atoms with Crippen molar-refractivity contribution in [3.63, 3.8) is 0 Å². The Morgan fingerprint density at radius 3 is 1.93 bits per heavy atom. The predicted molar refractivity (Wildman–Crippen MR) is 433 cm³/mol. The first kappa shape index (κ1) is 87.5. The Morgan fingerprint density at radius 1 is 0.664 bits per heavy atom. The molecule has 0 spiro atoms. The van der Waals surface area contributed by atoms with E-state index in [-0.39, 0.29) is 123 Å². The van der Waals surface area contributed by atoms with Crippen LogP contribution >= 0.6 is 11.6 Å². The van der Waals surface area contributed by atoms with Gasteiger partial charge in [-0.25, -0.2) is 0 Å². The van der Waals surface area contributed by atoms with Crippen LogP contribution in [0.25, 0.3) is 11.1 Å². The van der Waals surface area contributed by atoms with Crippen LogP contribution in [-0.2, 0) is 47.8 Å². The summed E-state index contributed by atoms with van der Waals surface area (Å²) in [5, 5.41) is 130. The number of aliphatic hydroxyl groups excluding tert-OH is 6. The number of hydrogen-bond donors (Lipinski definition) is 20. The molecule has 5 saturated carbocycles. The van der Waals surface area contributed by atoms with Crippen LogP contribution < -0.4 is 78.3 Å². The number of rotatable bonds is 17. The minimum absolute atomic E-state index is 0.0595. The molecule has 17 rings (SSSR count). The molecule has 36 heteroatoms. The zero-order valence-corrected chi connectivity index (χ0v) is 68.3. The van der Waals surface area contributed by atoms with Crippen LogP contribution in [0.1, 0.15) is 153 Å². The molecular weight excluding hydrogens is 1610 g/mol. The summed E-state index contributed by atoms with van der Waals surface area (Å²) in [6.07, 6.45) is -10.6. The first-order chi connectivity index (χ1) is 58.1. The van der Waals surface area contributed by atoms with E-state index in [1.165, 1.54) is 75.5 Å². The minimum Gasteiger partial charge on any atom is -0.508 e. The number of ether oxygens (including phenoxy) is 6. The highest BCUT2D eigenvalue weighted by Crippen LogP contribution is 2.55. The second kappa shape index (κ2) is 35.9. The maximum Gasteiger partial charge on any atom is 0.259 e. The van der Waals surface area contributed by atoms with E-state index < -0.39 is 209 Å². The van der Waals surface area contributed by atoms with E-state index in [4.69, 9.17) is 51.5 Å². The lowest BCUT2D eigenvalue weighted by Crippen LogP contribution is -2.63. The molecule has 6 aliphatic heterocycles. The molecule has 18 atom stereocenters. The van der Waals surface area contributed by atoms with Gasteiger partial charge in [-0.3, -0.25) is 48.5 Å². The molecule has 6 aromatic carbocycles. The smallest absolute Gasteiger partial charge is 0.259 e. The standard InChI is InChI=1S/C86H102ClN11O24/c1-35(2)19-53(90-6)78(109)95-67-70(103)42-10-15-56(36(3)20-42)119-58-28-46-29-59(74(58)121-60-30-47(34-99)72(105)73(106)75(60)122-61-33-86(5,89)76(107)37(4)118-61)120-57-16-11-43(27-52(57)87)71(104)68-82(113)94-66(81(112)91-63-44-22-38-21-39(24-44)25-45(63)23-38)51-31-48(100)32-55(102)62(51)50-26-41(9-14-54(50)101)64(79(110)96-68)92-80(111)65(46)93-84(115)69(97-83(67)114)85(116)98-77(108)40-7-12-49(13-8-40)117-18-17-88/h7-16,20,26-29,31-32,35,37-39,44-45,47,53,60-61,63-73,75-76,90,99-107H,17-19,21-25,30,33-34,88-89H2,1-6H3,(H,91,112)(H,92,111)(H,93,115)(H,94,113)(H,95,109)(H,96,110)(H,97,114)(H,98,108,116)/t37-,38?,39?,44?,45?,47+,53+,60+,61-,63?,64+,65+,66-,67+,68-,69?,70+,71+,72+,73-,75-,76+,86-/m0/s1. The molecule has 22 N–H and O–H groups in total. The minimum atomic E-state index is -2.71. The molecule has 652 valence electrons. The summed E-state index contributed by atoms with van der Waals surface area (Å²) in [6, 6.07) is 5.38. The third-order valence-corrected chi connectivity index (χ3v) is 24.9. The lowest BCUT2D eigenvalue weighted by Gasteiger charge is -2.54. The van der Waals surface area contributed by atoms with Crippen LogP contribution in [0, 0.1) is 42.4 Å². The summed E-state index contributed by atoms with van der Waals surface area (Å²) >= 11 is 7.31. The molecule has 5 aliphatic carbocycles. The number of phenolic OH excluding ortho intramolecular Hbond substituents is 3. The Labute approximate surface area is 705 Å². The highest BCUT2D eigenvalue weighted by atomic mass is 35.5. The molecule has 0 aromatic heterocycles. The number of carbonyl (C=O) groups is 9. The van der Waals surface area contributed by atoms with Gasteiger partial charge in [-0.15, -0.1) is 0 Å². The van der Waals surface area contributed by atoms with E-state index in [0.29, 0.717) is 11.8 Å². The summed E-state index contributed by atoms with van der Waals surface area (Å²) in [6.45, 7) is 7.71. The van der Waals surface area contributed by atoms with E-state index in [1.807, 2.05) is 13.8 Å². The number of aromatic hydroxyl groups is 3. The average Bonchev–Trinajstić information content (AvgIpc) is 0.757. The third kappa shape index (κ3) is 18.2. The number of aryl methyl sites for hydroxylation is 1. The molecule has 6 heterocycles. The number of imide groups is 1. The van der Waals surface area contributed by atoms with Crippen LogP contribution in [0.15, 0.2) is 103 Å². The van der Waals surface area contributed by atoms with Gasteiger partial charge < -0.3 is 128 Å². The van der Waals surface area contributed by atoms with Crippen molar-refractivity contribution in [1.82, 2.24) is 47.9 Å². The zero-order chi connectivity index (χ0) is 87.4. The SMILES string of the molecule is CN[C@H](CC(C)C)C(=O)N[C@H]1C(=O)NC(C(=O)NC(=O)c2ccc(OCCN)cc2)C(=O)N[C@H]2C(=O)N[C@H]3C(=O)N[C@H](C(=O)N[C@H](C(=O)NC4C5CC6CC(C5)CC4C6)c4cc(O)cc(O)c4-c4cc3ccc4O)[C@H](O)c3ccc(c(Cl)c3)Oc3cc2cc(c3O[C@@H]2C[C@H](CO)[C@@H](O)[C@H](O)[C@H]2O[C@H]2C[C@](C)(N)[C@H](O)[C@H](C)O2)Oc2ccc(cc2C)[C@H]1O. The summed E-state index contributed by atoms with van der Waals surface area (Å²) in [5.41, 5.74) is 8.76. The summed E-state index contributed by atoms with van der Waals surface area (Å²) < 4.78 is 39.0. The number of hydrogen-bond acceptors (Lipinski definition) is 27. The number of likely N-dealkylation sites (N-methyl/N-ethyl adjacent to an activating group) is 1. The predicted octanol–water partition coefficient (Wildman–Crippen LogP) is 2.70. The van der Waals surface area contributed by atoms with Crippen molar-refractivity contribution in [1.29, 1.82) is 0 Å². The molecule has 9 amide bonds. The average molecular weight is 1710 g/mol. The number of aliphatic hydroxyl groups is 6. The number of nitrogens with two attached hydrogens (primary N) is 2. The number of phenols is 3. The Balaban J connectivity index is 0.976. The van der Waals surface area contributed by atoms with Gasteiger partial charge in [-0.2, -0.15) is 0 Å². The van der Waals surface area contributed by atoms with Crippen LogP contribution in [0.4, 0.5) is 0 Å². The Morgan fingerprint density at radius 2 is 1.30 bits per heavy atom. The van der Waals surface area contributed by atoms with Crippen molar-refractivity contribution in [2.45, 2.75) is 195 Å². The van der Waals surface area contributed by atoms with E-state index in [0.717, 1.165) is 80.6 Å². The number of halogens is 1. The lowest BCUT2D eigenvalue weighted by molar-refractivity contribution is -0.286. The zero-order valence-electron chi connectivity index (χ0n) is 67.6. The Bertz CT molecular complexity index is 5010. The monoisotopic (exact) mass is 1710 g/mol.